The molecule has 0 amide bonds. The van der Waals surface area contributed by atoms with Crippen LogP contribution in [-0.4, -0.2) is 48.8 Å². The molecular weight excluding hydrogens is 140 g/mol. The lowest BCUT2D eigenvalue weighted by atomic mass is 10.2. The summed E-state index contributed by atoms with van der Waals surface area (Å²) in [6, 6.07) is 0.659. The van der Waals surface area contributed by atoms with Crippen molar-refractivity contribution < 1.29 is 5.11 Å². The van der Waals surface area contributed by atoms with E-state index in [4.69, 9.17) is 5.11 Å². The third-order valence-corrected chi connectivity index (χ3v) is 2.34. The molecule has 11 heavy (non-hydrogen) atoms. The van der Waals surface area contributed by atoms with Gasteiger partial charge in [0.15, 0.2) is 0 Å². The summed E-state index contributed by atoms with van der Waals surface area (Å²) in [6.45, 7) is 6.52. The molecule has 0 aromatic carbocycles. The molecule has 1 heterocycles. The van der Waals surface area contributed by atoms with Gasteiger partial charge in [-0.25, -0.2) is 0 Å². The fraction of sp³-hybridized carbons (Fsp3) is 1.00. The fourth-order valence-electron chi connectivity index (χ4n) is 1.68. The predicted octanol–water partition coefficient (Wildman–Crippen LogP) is -0.338. The van der Waals surface area contributed by atoms with Gasteiger partial charge >= 0.3 is 0 Å². The summed E-state index contributed by atoms with van der Waals surface area (Å²) < 4.78 is 0. The molecule has 0 aromatic heterocycles. The van der Waals surface area contributed by atoms with E-state index in [0.29, 0.717) is 6.04 Å². The second-order valence-corrected chi connectivity index (χ2v) is 3.00. The van der Waals surface area contributed by atoms with Gasteiger partial charge in [-0.05, 0) is 19.5 Å². The van der Waals surface area contributed by atoms with E-state index in [2.05, 4.69) is 17.1 Å². The van der Waals surface area contributed by atoms with E-state index in [1.165, 1.54) is 6.42 Å². The molecular formula is C8H18N2O. The van der Waals surface area contributed by atoms with Crippen LogP contribution in [-0.2, 0) is 0 Å². The van der Waals surface area contributed by atoms with Crippen LogP contribution < -0.4 is 5.32 Å². The third-order valence-electron chi connectivity index (χ3n) is 2.34. The van der Waals surface area contributed by atoms with Crippen molar-refractivity contribution in [1.82, 2.24) is 10.2 Å². The maximum absolute atomic E-state index is 8.77. The van der Waals surface area contributed by atoms with Gasteiger partial charge in [-0.1, -0.05) is 6.92 Å². The minimum atomic E-state index is 0.282. The van der Waals surface area contributed by atoms with Gasteiger partial charge in [0.2, 0.25) is 0 Å². The van der Waals surface area contributed by atoms with E-state index in [9.17, 15) is 0 Å². The molecule has 66 valence electrons. The molecule has 0 bridgehead atoms. The van der Waals surface area contributed by atoms with Gasteiger partial charge in [-0.3, -0.25) is 4.90 Å². The van der Waals surface area contributed by atoms with Crippen molar-refractivity contribution in [3.05, 3.63) is 0 Å². The lowest BCUT2D eigenvalue weighted by Gasteiger charge is -2.25. The van der Waals surface area contributed by atoms with Crippen LogP contribution in [0.3, 0.4) is 0 Å². The number of aliphatic hydroxyl groups excluding tert-OH is 1. The van der Waals surface area contributed by atoms with Crippen LogP contribution in [0, 0.1) is 0 Å². The van der Waals surface area contributed by atoms with Crippen LogP contribution in [0.2, 0.25) is 0 Å². The van der Waals surface area contributed by atoms with Crippen molar-refractivity contribution in [2.75, 3.05) is 32.8 Å². The topological polar surface area (TPSA) is 35.5 Å². The average Bonchev–Trinajstić information content (AvgIpc) is 2.52. The maximum atomic E-state index is 8.77. The summed E-state index contributed by atoms with van der Waals surface area (Å²) in [5.74, 6) is 0. The highest BCUT2D eigenvalue weighted by Crippen LogP contribution is 2.06. The zero-order valence-corrected chi connectivity index (χ0v) is 7.21. The Hall–Kier alpha value is -0.120. The van der Waals surface area contributed by atoms with Crippen molar-refractivity contribution in [3.8, 4) is 0 Å². The van der Waals surface area contributed by atoms with Crippen molar-refractivity contribution in [3.63, 3.8) is 0 Å². The molecule has 3 nitrogen and oxygen atoms in total. The molecule has 1 saturated heterocycles. The van der Waals surface area contributed by atoms with Crippen molar-refractivity contribution in [2.45, 2.75) is 19.4 Å². The first-order chi connectivity index (χ1) is 5.38. The standard InChI is InChI=1S/C8H18N2O/c1-2-10(5-6-11)8-3-4-9-7-8/h8-9,11H,2-7H2,1H3/t8-/m1/s1. The summed E-state index contributed by atoms with van der Waals surface area (Å²) in [6.07, 6.45) is 1.23. The van der Waals surface area contributed by atoms with Gasteiger partial charge in [-0.15, -0.1) is 0 Å². The SMILES string of the molecule is CCN(CCO)[C@@H]1CCNC1. The Kier molecular flexibility index (Phi) is 3.83. The van der Waals surface area contributed by atoms with Crippen LogP contribution in [0.1, 0.15) is 13.3 Å². The van der Waals surface area contributed by atoms with E-state index in [1.807, 2.05) is 0 Å². The van der Waals surface area contributed by atoms with Crippen molar-refractivity contribution >= 4 is 0 Å². The summed E-state index contributed by atoms with van der Waals surface area (Å²) in [5, 5.41) is 12.1. The van der Waals surface area contributed by atoms with Gasteiger partial charge < -0.3 is 10.4 Å². The van der Waals surface area contributed by atoms with Crippen molar-refractivity contribution in [1.29, 1.82) is 0 Å². The molecule has 0 aromatic rings. The Morgan fingerprint density at radius 2 is 2.45 bits per heavy atom. The maximum Gasteiger partial charge on any atom is 0.0558 e. The number of hydrogen-bond donors (Lipinski definition) is 2. The van der Waals surface area contributed by atoms with Gasteiger partial charge in [0.1, 0.15) is 0 Å². The van der Waals surface area contributed by atoms with E-state index in [0.717, 1.165) is 26.2 Å². The number of aliphatic hydroxyl groups is 1. The Labute approximate surface area is 68.4 Å². The van der Waals surface area contributed by atoms with Gasteiger partial charge in [-0.2, -0.15) is 0 Å². The minimum absolute atomic E-state index is 0.282. The van der Waals surface area contributed by atoms with Gasteiger partial charge in [0.25, 0.3) is 0 Å². The molecule has 1 aliphatic rings. The van der Waals surface area contributed by atoms with Crippen LogP contribution in [0.15, 0.2) is 0 Å². The average molecular weight is 158 g/mol. The highest BCUT2D eigenvalue weighted by molar-refractivity contribution is 4.79. The Morgan fingerprint density at radius 3 is 2.91 bits per heavy atom. The zero-order chi connectivity index (χ0) is 8.10. The lowest BCUT2D eigenvalue weighted by molar-refractivity contribution is 0.164. The first-order valence-electron chi connectivity index (χ1n) is 4.44. The molecule has 0 unspecified atom stereocenters. The molecule has 1 aliphatic heterocycles. The predicted molar refractivity (Wildman–Crippen MR) is 45.6 cm³/mol. The van der Waals surface area contributed by atoms with E-state index in [1.54, 1.807) is 0 Å². The van der Waals surface area contributed by atoms with Crippen LogP contribution in [0.4, 0.5) is 0 Å². The first kappa shape index (κ1) is 8.97. The van der Waals surface area contributed by atoms with Crippen LogP contribution >= 0.6 is 0 Å². The molecule has 1 rings (SSSR count). The minimum Gasteiger partial charge on any atom is -0.395 e. The van der Waals surface area contributed by atoms with E-state index >= 15 is 0 Å². The molecule has 0 spiro atoms. The molecule has 0 radical (unpaired) electrons. The van der Waals surface area contributed by atoms with Crippen LogP contribution in [0.5, 0.6) is 0 Å². The van der Waals surface area contributed by atoms with Crippen LogP contribution in [0.25, 0.3) is 0 Å². The van der Waals surface area contributed by atoms with Crippen molar-refractivity contribution in [2.24, 2.45) is 0 Å². The second-order valence-electron chi connectivity index (χ2n) is 3.00. The number of nitrogens with one attached hydrogen (secondary N) is 1. The molecule has 3 heteroatoms. The number of hydrogen-bond acceptors (Lipinski definition) is 3. The normalized spacial score (nSPS) is 24.8. The largest absolute Gasteiger partial charge is 0.395 e. The van der Waals surface area contributed by atoms with E-state index in [-0.39, 0.29) is 6.61 Å². The van der Waals surface area contributed by atoms with E-state index < -0.39 is 0 Å². The highest BCUT2D eigenvalue weighted by Gasteiger charge is 2.19. The highest BCUT2D eigenvalue weighted by atomic mass is 16.3. The Bertz CT molecular complexity index is 102. The quantitative estimate of drug-likeness (QED) is 0.587. The lowest BCUT2D eigenvalue weighted by Crippen LogP contribution is -2.38. The second kappa shape index (κ2) is 4.70. The number of likely N-dealkylation sites (N-methyl/N-ethyl adjacent to an activating group) is 1. The summed E-state index contributed by atoms with van der Waals surface area (Å²) in [4.78, 5) is 2.33. The van der Waals surface area contributed by atoms with Gasteiger partial charge in [0.05, 0.1) is 6.61 Å². The zero-order valence-electron chi connectivity index (χ0n) is 7.21. The number of nitrogens with zero attached hydrogens (tertiary/aromatic N) is 1. The monoisotopic (exact) mass is 158 g/mol. The summed E-state index contributed by atoms with van der Waals surface area (Å²) in [7, 11) is 0. The third kappa shape index (κ3) is 2.43. The summed E-state index contributed by atoms with van der Waals surface area (Å²) >= 11 is 0. The Balaban J connectivity index is 2.27. The molecule has 1 fully saturated rings. The fourth-order valence-corrected chi connectivity index (χ4v) is 1.68. The molecule has 0 aliphatic carbocycles. The molecule has 1 atom stereocenters. The first-order valence-corrected chi connectivity index (χ1v) is 4.44. The van der Waals surface area contributed by atoms with Gasteiger partial charge in [0, 0.05) is 19.1 Å². The Morgan fingerprint density at radius 1 is 1.64 bits per heavy atom. The summed E-state index contributed by atoms with van der Waals surface area (Å²) in [5.41, 5.74) is 0. The number of rotatable bonds is 4. The smallest absolute Gasteiger partial charge is 0.0558 e. The molecule has 0 saturated carbocycles. The molecule has 2 N–H and O–H groups in total.